The van der Waals surface area contributed by atoms with E-state index < -0.39 is 5.97 Å². The number of aliphatic carboxylic acids is 1. The quantitative estimate of drug-likeness (QED) is 0.732. The molecular weight excluding hydrogens is 266 g/mol. The molecule has 0 unspecified atom stereocenters. The highest BCUT2D eigenvalue weighted by Gasteiger charge is 2.04. The van der Waals surface area contributed by atoms with Gasteiger partial charge in [-0.1, -0.05) is 48.5 Å². The number of hydrogen-bond donors (Lipinski definition) is 2. The van der Waals surface area contributed by atoms with Gasteiger partial charge in [0.25, 0.3) is 0 Å². The largest absolute Gasteiger partial charge is 0.482 e. The monoisotopic (exact) mass is 285 g/mol. The number of para-hydroxylation sites is 1. The maximum absolute atomic E-state index is 10.6. The highest BCUT2D eigenvalue weighted by atomic mass is 16.5. The van der Waals surface area contributed by atoms with Crippen LogP contribution in [0.4, 0.5) is 0 Å². The third-order valence-corrected chi connectivity index (χ3v) is 3.07. The van der Waals surface area contributed by atoms with Gasteiger partial charge in [-0.2, -0.15) is 0 Å². The van der Waals surface area contributed by atoms with Crippen molar-refractivity contribution >= 4 is 5.97 Å². The summed E-state index contributed by atoms with van der Waals surface area (Å²) in [6.07, 6.45) is 0.957. The molecule has 2 N–H and O–H groups in total. The number of carboxylic acid groups (broad SMARTS) is 1. The van der Waals surface area contributed by atoms with Crippen molar-refractivity contribution in [3.05, 3.63) is 65.7 Å². The van der Waals surface area contributed by atoms with Crippen LogP contribution in [0.1, 0.15) is 11.1 Å². The average molecular weight is 285 g/mol. The summed E-state index contributed by atoms with van der Waals surface area (Å²) in [6.45, 7) is 1.20. The summed E-state index contributed by atoms with van der Waals surface area (Å²) in [6, 6.07) is 17.8. The molecule has 0 fully saturated rings. The normalized spacial score (nSPS) is 10.3. The zero-order valence-electron chi connectivity index (χ0n) is 11.8. The van der Waals surface area contributed by atoms with Crippen molar-refractivity contribution in [3.8, 4) is 5.75 Å². The lowest BCUT2D eigenvalue weighted by atomic mass is 10.1. The highest BCUT2D eigenvalue weighted by molar-refractivity contribution is 5.68. The van der Waals surface area contributed by atoms with Gasteiger partial charge >= 0.3 is 5.97 Å². The predicted octanol–water partition coefficient (Wildman–Crippen LogP) is 2.48. The molecule has 110 valence electrons. The maximum Gasteiger partial charge on any atom is 0.341 e. The average Bonchev–Trinajstić information content (AvgIpc) is 2.51. The Morgan fingerprint density at radius 2 is 1.76 bits per heavy atom. The van der Waals surface area contributed by atoms with E-state index in [-0.39, 0.29) is 6.61 Å². The molecule has 0 aliphatic heterocycles. The van der Waals surface area contributed by atoms with Crippen molar-refractivity contribution in [2.45, 2.75) is 13.0 Å². The topological polar surface area (TPSA) is 58.6 Å². The van der Waals surface area contributed by atoms with Crippen LogP contribution in [0.5, 0.6) is 5.75 Å². The van der Waals surface area contributed by atoms with Gasteiger partial charge in [0.15, 0.2) is 6.61 Å². The summed E-state index contributed by atoms with van der Waals surface area (Å²) in [7, 11) is 0. The van der Waals surface area contributed by atoms with Crippen molar-refractivity contribution in [2.75, 3.05) is 13.2 Å². The number of ether oxygens (including phenoxy) is 1. The Hall–Kier alpha value is -2.33. The van der Waals surface area contributed by atoms with Crippen molar-refractivity contribution < 1.29 is 14.6 Å². The molecule has 0 spiro atoms. The summed E-state index contributed by atoms with van der Waals surface area (Å²) in [5.41, 5.74) is 2.26. The molecule has 0 aromatic heterocycles. The SMILES string of the molecule is O=C(O)COc1ccccc1CNCCc1ccccc1. The lowest BCUT2D eigenvalue weighted by Gasteiger charge is -2.11. The van der Waals surface area contributed by atoms with E-state index in [1.165, 1.54) is 5.56 Å². The van der Waals surface area contributed by atoms with E-state index in [9.17, 15) is 4.79 Å². The number of carbonyl (C=O) groups is 1. The van der Waals surface area contributed by atoms with Crippen LogP contribution in [0.25, 0.3) is 0 Å². The van der Waals surface area contributed by atoms with Crippen LogP contribution in [-0.4, -0.2) is 24.2 Å². The molecule has 4 nitrogen and oxygen atoms in total. The third-order valence-electron chi connectivity index (χ3n) is 3.07. The standard InChI is InChI=1S/C17H19NO3/c19-17(20)13-21-16-9-5-4-8-15(16)12-18-11-10-14-6-2-1-3-7-14/h1-9,18H,10-13H2,(H,19,20). The first kappa shape index (κ1) is 15.1. The number of nitrogens with one attached hydrogen (secondary N) is 1. The van der Waals surface area contributed by atoms with E-state index in [1.807, 2.05) is 36.4 Å². The second-order valence-corrected chi connectivity index (χ2v) is 4.70. The molecule has 0 aliphatic rings. The molecule has 0 radical (unpaired) electrons. The Kier molecular flexibility index (Phi) is 5.79. The maximum atomic E-state index is 10.6. The molecule has 0 saturated heterocycles. The Morgan fingerprint density at radius 1 is 1.05 bits per heavy atom. The molecule has 4 heteroatoms. The van der Waals surface area contributed by atoms with Crippen molar-refractivity contribution in [3.63, 3.8) is 0 Å². The summed E-state index contributed by atoms with van der Waals surface area (Å²) < 4.78 is 5.27. The smallest absolute Gasteiger partial charge is 0.341 e. The van der Waals surface area contributed by atoms with E-state index >= 15 is 0 Å². The van der Waals surface area contributed by atoms with Crippen LogP contribution in [0.15, 0.2) is 54.6 Å². The zero-order chi connectivity index (χ0) is 14.9. The highest BCUT2D eigenvalue weighted by Crippen LogP contribution is 2.17. The molecule has 0 atom stereocenters. The van der Waals surface area contributed by atoms with Gasteiger partial charge in [0, 0.05) is 12.1 Å². The molecule has 2 aromatic carbocycles. The number of rotatable bonds is 8. The minimum absolute atomic E-state index is 0.318. The van der Waals surface area contributed by atoms with E-state index in [4.69, 9.17) is 9.84 Å². The second kappa shape index (κ2) is 8.07. The van der Waals surface area contributed by atoms with Crippen LogP contribution in [0.3, 0.4) is 0 Å². The molecular formula is C17H19NO3. The van der Waals surface area contributed by atoms with E-state index in [0.717, 1.165) is 18.5 Å². The van der Waals surface area contributed by atoms with Gasteiger partial charge in [-0.25, -0.2) is 4.79 Å². The zero-order valence-corrected chi connectivity index (χ0v) is 11.8. The molecule has 0 amide bonds. The molecule has 2 aromatic rings. The van der Waals surface area contributed by atoms with Gasteiger partial charge in [-0.15, -0.1) is 0 Å². The fraction of sp³-hybridized carbons (Fsp3) is 0.235. The molecule has 0 heterocycles. The molecule has 0 saturated carbocycles. The number of benzene rings is 2. The lowest BCUT2D eigenvalue weighted by molar-refractivity contribution is -0.139. The van der Waals surface area contributed by atoms with Crippen molar-refractivity contribution in [1.29, 1.82) is 0 Å². The minimum Gasteiger partial charge on any atom is -0.482 e. The summed E-state index contributed by atoms with van der Waals surface area (Å²) >= 11 is 0. The van der Waals surface area contributed by atoms with Crippen LogP contribution >= 0.6 is 0 Å². The summed E-state index contributed by atoms with van der Waals surface area (Å²) in [4.78, 5) is 10.6. The van der Waals surface area contributed by atoms with E-state index in [2.05, 4.69) is 17.4 Å². The Balaban J connectivity index is 1.81. The fourth-order valence-corrected chi connectivity index (χ4v) is 2.03. The van der Waals surface area contributed by atoms with Gasteiger partial charge < -0.3 is 15.2 Å². The van der Waals surface area contributed by atoms with Gasteiger partial charge in [-0.3, -0.25) is 0 Å². The van der Waals surface area contributed by atoms with Crippen molar-refractivity contribution in [1.82, 2.24) is 5.32 Å². The number of hydrogen-bond acceptors (Lipinski definition) is 3. The van der Waals surface area contributed by atoms with E-state index in [0.29, 0.717) is 12.3 Å². The summed E-state index contributed by atoms with van der Waals surface area (Å²) in [5, 5.41) is 12.0. The number of carboxylic acids is 1. The summed E-state index contributed by atoms with van der Waals surface area (Å²) in [5.74, 6) is -0.353. The third kappa shape index (κ3) is 5.28. The Bertz CT molecular complexity index is 569. The van der Waals surface area contributed by atoms with Gasteiger partial charge in [-0.05, 0) is 24.6 Å². The van der Waals surface area contributed by atoms with Gasteiger partial charge in [0.1, 0.15) is 5.75 Å². The first-order valence-electron chi connectivity index (χ1n) is 6.93. The van der Waals surface area contributed by atoms with E-state index in [1.54, 1.807) is 6.07 Å². The van der Waals surface area contributed by atoms with Crippen LogP contribution in [-0.2, 0) is 17.8 Å². The van der Waals surface area contributed by atoms with Crippen LogP contribution < -0.4 is 10.1 Å². The van der Waals surface area contributed by atoms with Gasteiger partial charge in [0.05, 0.1) is 0 Å². The molecule has 0 aliphatic carbocycles. The van der Waals surface area contributed by atoms with Crippen molar-refractivity contribution in [2.24, 2.45) is 0 Å². The molecule has 21 heavy (non-hydrogen) atoms. The lowest BCUT2D eigenvalue weighted by Crippen LogP contribution is -2.18. The first-order valence-corrected chi connectivity index (χ1v) is 6.93. The Morgan fingerprint density at radius 3 is 2.52 bits per heavy atom. The fourth-order valence-electron chi connectivity index (χ4n) is 2.03. The predicted molar refractivity (Wildman–Crippen MR) is 81.4 cm³/mol. The van der Waals surface area contributed by atoms with Gasteiger partial charge in [0.2, 0.25) is 0 Å². The Labute approximate surface area is 124 Å². The molecule has 0 bridgehead atoms. The van der Waals surface area contributed by atoms with Crippen LogP contribution in [0, 0.1) is 0 Å². The first-order chi connectivity index (χ1) is 10.3. The minimum atomic E-state index is -0.971. The van der Waals surface area contributed by atoms with Crippen LogP contribution in [0.2, 0.25) is 0 Å². The molecule has 2 rings (SSSR count). The second-order valence-electron chi connectivity index (χ2n) is 4.70.